The summed E-state index contributed by atoms with van der Waals surface area (Å²) in [5.41, 5.74) is -0.0171. The Morgan fingerprint density at radius 3 is 2.27 bits per heavy atom. The Kier molecular flexibility index (Phi) is 11.8. The van der Waals surface area contributed by atoms with Crippen LogP contribution in [0.4, 0.5) is 18.9 Å². The molecule has 1 atom stereocenters. The molecule has 1 N–H and O–H groups in total. The van der Waals surface area contributed by atoms with Gasteiger partial charge in [-0.25, -0.2) is 8.42 Å². The van der Waals surface area contributed by atoms with Crippen molar-refractivity contribution in [3.63, 3.8) is 0 Å². The normalized spacial score (nSPS) is 12.3. The summed E-state index contributed by atoms with van der Waals surface area (Å²) in [4.78, 5) is 28.5. The third-order valence-electron chi connectivity index (χ3n) is 7.05. The minimum Gasteiger partial charge on any atom is -0.497 e. The number of carbonyl (C=O) groups excluding carboxylic acids is 2. The smallest absolute Gasteiger partial charge is 0.416 e. The van der Waals surface area contributed by atoms with Crippen molar-refractivity contribution in [2.45, 2.75) is 63.7 Å². The Balaban J connectivity index is 2.11. The maximum absolute atomic E-state index is 14.1. The van der Waals surface area contributed by atoms with E-state index < -0.39 is 46.2 Å². The van der Waals surface area contributed by atoms with E-state index in [1.54, 1.807) is 50.2 Å². The summed E-state index contributed by atoms with van der Waals surface area (Å²) in [5, 5.41) is 2.83. The van der Waals surface area contributed by atoms with Crippen molar-refractivity contribution in [2.24, 2.45) is 0 Å². The van der Waals surface area contributed by atoms with E-state index in [-0.39, 0.29) is 23.5 Å². The molecule has 8 nitrogen and oxygen atoms in total. The second-order valence-corrected chi connectivity index (χ2v) is 12.2. The molecule has 3 aromatic carbocycles. The number of nitrogens with one attached hydrogen (secondary N) is 1. The van der Waals surface area contributed by atoms with Crippen LogP contribution in [0.3, 0.4) is 0 Å². The second-order valence-electron chi connectivity index (χ2n) is 10.3. The first-order chi connectivity index (χ1) is 20.8. The van der Waals surface area contributed by atoms with Gasteiger partial charge in [0.15, 0.2) is 0 Å². The van der Waals surface area contributed by atoms with Gasteiger partial charge in [-0.05, 0) is 67.8 Å². The highest BCUT2D eigenvalue weighted by atomic mass is 32.2. The zero-order chi connectivity index (χ0) is 32.5. The van der Waals surface area contributed by atoms with Crippen LogP contribution in [0.2, 0.25) is 0 Å². The fraction of sp³-hybridized carbons (Fsp3) is 0.375. The molecule has 0 aliphatic heterocycles. The average molecular weight is 634 g/mol. The summed E-state index contributed by atoms with van der Waals surface area (Å²) >= 11 is 0. The number of alkyl halides is 3. The number of anilines is 1. The lowest BCUT2D eigenvalue weighted by atomic mass is 10.1. The summed E-state index contributed by atoms with van der Waals surface area (Å²) < 4.78 is 74.8. The fourth-order valence-corrected chi connectivity index (χ4v) is 6.00. The monoisotopic (exact) mass is 633 g/mol. The number of ether oxygens (including phenoxy) is 1. The maximum atomic E-state index is 14.1. The van der Waals surface area contributed by atoms with Crippen LogP contribution in [0, 0.1) is 6.92 Å². The number of rotatable bonds is 14. The fourth-order valence-electron chi connectivity index (χ4n) is 4.60. The van der Waals surface area contributed by atoms with E-state index in [4.69, 9.17) is 4.74 Å². The number of hydrogen-bond donors (Lipinski definition) is 1. The van der Waals surface area contributed by atoms with Crippen LogP contribution in [0.1, 0.15) is 49.8 Å². The average Bonchev–Trinajstić information content (AvgIpc) is 2.99. The predicted molar refractivity (Wildman–Crippen MR) is 163 cm³/mol. The van der Waals surface area contributed by atoms with E-state index >= 15 is 0 Å². The van der Waals surface area contributed by atoms with Gasteiger partial charge in [-0.1, -0.05) is 56.2 Å². The lowest BCUT2D eigenvalue weighted by molar-refractivity contribution is -0.140. The van der Waals surface area contributed by atoms with Crippen LogP contribution in [0.15, 0.2) is 77.7 Å². The predicted octanol–water partition coefficient (Wildman–Crippen LogP) is 5.94. The Bertz CT molecular complexity index is 1530. The van der Waals surface area contributed by atoms with Crippen molar-refractivity contribution in [1.29, 1.82) is 0 Å². The first-order valence-electron chi connectivity index (χ1n) is 14.3. The second kappa shape index (κ2) is 15.1. The zero-order valence-corrected chi connectivity index (χ0v) is 26.0. The largest absolute Gasteiger partial charge is 0.497 e. The number of unbranched alkanes of at least 4 members (excludes halogenated alkanes) is 1. The van der Waals surface area contributed by atoms with Crippen molar-refractivity contribution >= 4 is 27.5 Å². The van der Waals surface area contributed by atoms with Crippen LogP contribution >= 0.6 is 0 Å². The highest BCUT2D eigenvalue weighted by molar-refractivity contribution is 7.92. The Morgan fingerprint density at radius 2 is 1.66 bits per heavy atom. The van der Waals surface area contributed by atoms with Crippen molar-refractivity contribution in [2.75, 3.05) is 24.5 Å². The molecule has 0 aliphatic carbocycles. The molecule has 0 aliphatic rings. The minimum atomic E-state index is -4.75. The summed E-state index contributed by atoms with van der Waals surface area (Å²) in [7, 11) is -3.03. The lowest BCUT2D eigenvalue weighted by Gasteiger charge is -2.33. The molecular weight excluding hydrogens is 595 g/mol. The minimum absolute atomic E-state index is 0.0727. The molecule has 12 heteroatoms. The molecule has 0 saturated heterocycles. The first kappa shape index (κ1) is 34.4. The Labute approximate surface area is 256 Å². The lowest BCUT2D eigenvalue weighted by Crippen LogP contribution is -2.52. The van der Waals surface area contributed by atoms with Gasteiger partial charge in [0.25, 0.3) is 10.0 Å². The number of aryl methyl sites for hydroxylation is 1. The molecule has 0 aromatic heterocycles. The molecule has 0 heterocycles. The van der Waals surface area contributed by atoms with Gasteiger partial charge >= 0.3 is 6.18 Å². The number of halogens is 3. The molecule has 3 rings (SSSR count). The van der Waals surface area contributed by atoms with Gasteiger partial charge in [-0.2, -0.15) is 13.2 Å². The number of hydrogen-bond acceptors (Lipinski definition) is 5. The Morgan fingerprint density at radius 1 is 0.977 bits per heavy atom. The number of sulfonamides is 1. The van der Waals surface area contributed by atoms with E-state index in [0.29, 0.717) is 28.2 Å². The van der Waals surface area contributed by atoms with E-state index in [0.717, 1.165) is 30.5 Å². The highest BCUT2D eigenvalue weighted by Crippen LogP contribution is 2.33. The molecule has 0 bridgehead atoms. The molecule has 44 heavy (non-hydrogen) atoms. The van der Waals surface area contributed by atoms with E-state index in [1.807, 2.05) is 6.92 Å². The number of methoxy groups -OCH3 is 1. The van der Waals surface area contributed by atoms with Crippen molar-refractivity contribution in [1.82, 2.24) is 10.2 Å². The summed E-state index contributed by atoms with van der Waals surface area (Å²) in [6, 6.07) is 15.5. The van der Waals surface area contributed by atoms with E-state index in [9.17, 15) is 31.2 Å². The van der Waals surface area contributed by atoms with E-state index in [1.165, 1.54) is 30.2 Å². The summed E-state index contributed by atoms with van der Waals surface area (Å²) in [6.45, 7) is 4.93. The van der Waals surface area contributed by atoms with Crippen molar-refractivity contribution < 1.29 is 35.9 Å². The van der Waals surface area contributed by atoms with Crippen LogP contribution in [-0.2, 0) is 32.3 Å². The molecule has 0 spiro atoms. The van der Waals surface area contributed by atoms with Gasteiger partial charge in [-0.15, -0.1) is 0 Å². The van der Waals surface area contributed by atoms with Gasteiger partial charge in [0.2, 0.25) is 11.8 Å². The molecule has 238 valence electrons. The van der Waals surface area contributed by atoms with Crippen LogP contribution in [0.5, 0.6) is 5.75 Å². The molecule has 0 saturated carbocycles. The third-order valence-corrected chi connectivity index (χ3v) is 8.84. The zero-order valence-electron chi connectivity index (χ0n) is 25.2. The topological polar surface area (TPSA) is 96.0 Å². The number of benzene rings is 3. The van der Waals surface area contributed by atoms with Gasteiger partial charge in [0.1, 0.15) is 18.3 Å². The van der Waals surface area contributed by atoms with Crippen LogP contribution < -0.4 is 14.4 Å². The van der Waals surface area contributed by atoms with E-state index in [2.05, 4.69) is 5.32 Å². The van der Waals surface area contributed by atoms with Gasteiger partial charge in [0.05, 0.1) is 23.3 Å². The van der Waals surface area contributed by atoms with Crippen LogP contribution in [0.25, 0.3) is 0 Å². The molecule has 0 radical (unpaired) electrons. The first-order valence-corrected chi connectivity index (χ1v) is 15.7. The van der Waals surface area contributed by atoms with Crippen LogP contribution in [-0.4, -0.2) is 51.4 Å². The highest BCUT2D eigenvalue weighted by Gasteiger charge is 2.36. The summed E-state index contributed by atoms with van der Waals surface area (Å²) in [5.74, 6) is -0.662. The molecule has 0 unspecified atom stereocenters. The molecule has 3 aromatic rings. The van der Waals surface area contributed by atoms with Gasteiger partial charge in [-0.3, -0.25) is 13.9 Å². The number of amides is 2. The number of nitrogens with zero attached hydrogens (tertiary/aromatic N) is 2. The standard InChI is InChI=1S/C32H38F3N3O5S/c1-5-7-18-36-31(40)29(6-2)37(21-24-10-8-13-27(19-24)43-4)30(39)22-38(26-12-9-11-25(20-26)32(33,34)35)44(41,42)28-16-14-23(3)15-17-28/h8-17,19-20,29H,5-7,18,21-22H2,1-4H3,(H,36,40)/t29-/m1/s1. The van der Waals surface area contributed by atoms with Crippen molar-refractivity contribution in [3.05, 3.63) is 89.5 Å². The summed E-state index contributed by atoms with van der Waals surface area (Å²) in [6.07, 6.45) is -2.97. The van der Waals surface area contributed by atoms with Gasteiger partial charge < -0.3 is 15.0 Å². The third kappa shape index (κ3) is 8.75. The number of carbonyl (C=O) groups is 2. The molecule has 2 amide bonds. The SMILES string of the molecule is CCCCNC(=O)[C@@H](CC)N(Cc1cccc(OC)c1)C(=O)CN(c1cccc(C(F)(F)F)c1)S(=O)(=O)c1ccc(C)cc1. The van der Waals surface area contributed by atoms with Crippen molar-refractivity contribution in [3.8, 4) is 5.75 Å². The molecular formula is C32H38F3N3O5S. The van der Waals surface area contributed by atoms with Gasteiger partial charge in [0, 0.05) is 13.1 Å². The Hall–Kier alpha value is -4.06. The molecule has 0 fully saturated rings. The quantitative estimate of drug-likeness (QED) is 0.222. The maximum Gasteiger partial charge on any atom is 0.416 e.